The average molecular weight is 442 g/mol. The summed E-state index contributed by atoms with van der Waals surface area (Å²) in [6, 6.07) is 10.7. The van der Waals surface area contributed by atoms with Crippen LogP contribution in [0.4, 0.5) is 10.5 Å². The molecule has 0 spiro atoms. The van der Waals surface area contributed by atoms with Crippen molar-refractivity contribution in [3.05, 3.63) is 64.2 Å². The van der Waals surface area contributed by atoms with Gasteiger partial charge in [-0.05, 0) is 66.3 Å². The maximum absolute atomic E-state index is 12.5. The number of carbonyl (C=O) groups excluding carboxylic acids is 2. The van der Waals surface area contributed by atoms with E-state index in [0.717, 1.165) is 60.9 Å². The minimum absolute atomic E-state index is 0.295. The molecule has 164 valence electrons. The number of anilines is 1. The third-order valence-electron chi connectivity index (χ3n) is 5.96. The Labute approximate surface area is 182 Å². The molecule has 0 fully saturated rings. The number of rotatable bonds is 6. The number of hydrogen-bond acceptors (Lipinski definition) is 4. The fraction of sp³-hybridized carbons (Fsp3) is 0.391. The number of amides is 3. The molecular formula is C23H27N3O4S. The lowest BCUT2D eigenvalue weighted by Gasteiger charge is -2.18. The van der Waals surface area contributed by atoms with Crippen molar-refractivity contribution in [2.75, 3.05) is 18.1 Å². The zero-order valence-electron chi connectivity index (χ0n) is 17.6. The van der Waals surface area contributed by atoms with E-state index in [1.54, 1.807) is 7.05 Å². The topological polar surface area (TPSA) is 95.6 Å². The predicted octanol–water partition coefficient (Wildman–Crippen LogP) is 2.77. The van der Waals surface area contributed by atoms with Gasteiger partial charge in [0.2, 0.25) is 15.9 Å². The van der Waals surface area contributed by atoms with Crippen LogP contribution in [0.3, 0.4) is 0 Å². The lowest BCUT2D eigenvalue weighted by Crippen LogP contribution is -2.41. The minimum atomic E-state index is -4.12. The lowest BCUT2D eigenvalue weighted by atomic mass is 9.99. The van der Waals surface area contributed by atoms with Crippen LogP contribution in [-0.4, -0.2) is 38.1 Å². The number of nitrogens with zero attached hydrogens (tertiary/aromatic N) is 1. The number of aryl methyl sites for hydroxylation is 2. The van der Waals surface area contributed by atoms with Gasteiger partial charge in [0.05, 0.1) is 0 Å². The smallest absolute Gasteiger partial charge is 0.332 e. The van der Waals surface area contributed by atoms with Gasteiger partial charge in [-0.1, -0.05) is 36.4 Å². The maximum atomic E-state index is 12.5. The summed E-state index contributed by atoms with van der Waals surface area (Å²) >= 11 is 0. The average Bonchev–Trinajstić information content (AvgIpc) is 3.37. The molecule has 2 aromatic carbocycles. The van der Waals surface area contributed by atoms with Crippen LogP contribution in [0.25, 0.3) is 0 Å². The summed E-state index contributed by atoms with van der Waals surface area (Å²) in [5, 5.41) is 2.79. The molecule has 0 aromatic heterocycles. The van der Waals surface area contributed by atoms with Crippen LogP contribution in [-0.2, 0) is 47.0 Å². The Bertz CT molecular complexity index is 1080. The minimum Gasteiger partial charge on any atom is -0.340 e. The normalized spacial score (nSPS) is 14.6. The monoisotopic (exact) mass is 441 g/mol. The number of carbonyl (C=O) groups is 2. The first-order valence-corrected chi connectivity index (χ1v) is 12.2. The third-order valence-corrected chi connectivity index (χ3v) is 7.08. The van der Waals surface area contributed by atoms with E-state index in [1.807, 2.05) is 35.1 Å². The van der Waals surface area contributed by atoms with Crippen molar-refractivity contribution in [2.24, 2.45) is 0 Å². The van der Waals surface area contributed by atoms with Gasteiger partial charge >= 0.3 is 6.03 Å². The molecule has 0 radical (unpaired) electrons. The maximum Gasteiger partial charge on any atom is 0.332 e. The Morgan fingerprint density at radius 1 is 0.968 bits per heavy atom. The van der Waals surface area contributed by atoms with Crippen molar-refractivity contribution in [1.82, 2.24) is 9.62 Å². The largest absolute Gasteiger partial charge is 0.340 e. The fourth-order valence-electron chi connectivity index (χ4n) is 4.50. The zero-order valence-corrected chi connectivity index (χ0v) is 18.4. The van der Waals surface area contributed by atoms with Crippen LogP contribution < -0.4 is 10.0 Å². The van der Waals surface area contributed by atoms with E-state index in [0.29, 0.717) is 6.54 Å². The fourth-order valence-corrected chi connectivity index (χ4v) is 5.45. The highest BCUT2D eigenvalue weighted by atomic mass is 32.2. The van der Waals surface area contributed by atoms with E-state index in [1.165, 1.54) is 16.0 Å². The van der Waals surface area contributed by atoms with E-state index in [-0.39, 0.29) is 0 Å². The summed E-state index contributed by atoms with van der Waals surface area (Å²) in [6.07, 6.45) is 5.81. The Balaban J connectivity index is 1.40. The lowest BCUT2D eigenvalue weighted by molar-refractivity contribution is -0.127. The Morgan fingerprint density at radius 2 is 1.58 bits per heavy atom. The highest BCUT2D eigenvalue weighted by Crippen LogP contribution is 2.38. The molecule has 3 amide bonds. The molecule has 2 aromatic rings. The van der Waals surface area contributed by atoms with Gasteiger partial charge in [-0.2, -0.15) is 0 Å². The third kappa shape index (κ3) is 4.90. The van der Waals surface area contributed by atoms with Crippen molar-refractivity contribution in [3.63, 3.8) is 0 Å². The summed E-state index contributed by atoms with van der Waals surface area (Å²) < 4.78 is 26.9. The van der Waals surface area contributed by atoms with Gasteiger partial charge < -0.3 is 10.2 Å². The molecule has 7 nitrogen and oxygen atoms in total. The van der Waals surface area contributed by atoms with Gasteiger partial charge in [-0.25, -0.2) is 17.9 Å². The van der Waals surface area contributed by atoms with Crippen LogP contribution in [0.2, 0.25) is 0 Å². The Hall–Kier alpha value is -2.87. The summed E-state index contributed by atoms with van der Waals surface area (Å²) in [4.78, 5) is 26.3. The van der Waals surface area contributed by atoms with Crippen LogP contribution in [0.1, 0.15) is 40.7 Å². The van der Waals surface area contributed by atoms with Crippen LogP contribution in [0.15, 0.2) is 36.4 Å². The van der Waals surface area contributed by atoms with Crippen molar-refractivity contribution >= 4 is 27.6 Å². The van der Waals surface area contributed by atoms with Gasteiger partial charge in [0.1, 0.15) is 5.75 Å². The molecule has 0 saturated carbocycles. The van der Waals surface area contributed by atoms with Gasteiger partial charge in [0, 0.05) is 19.3 Å². The molecule has 0 heterocycles. The van der Waals surface area contributed by atoms with Crippen molar-refractivity contribution in [1.29, 1.82) is 0 Å². The quantitative estimate of drug-likeness (QED) is 0.721. The first kappa shape index (κ1) is 21.4. The van der Waals surface area contributed by atoms with Crippen LogP contribution in [0.5, 0.6) is 0 Å². The first-order chi connectivity index (χ1) is 14.8. The summed E-state index contributed by atoms with van der Waals surface area (Å²) in [6.45, 7) is 0.295. The number of benzene rings is 2. The van der Waals surface area contributed by atoms with Gasteiger partial charge in [-0.3, -0.25) is 4.79 Å². The number of urea groups is 1. The standard InChI is InChI=1S/C23H27N3O4S/c1-26(14-16-7-3-2-4-8-16)21(27)15-31(29,30)25-23(28)24-22-19-11-5-9-17(19)13-18-10-6-12-20(18)22/h2-4,7-8,13H,5-6,9-12,14-15H2,1H3,(H2,24,25,28). The van der Waals surface area contributed by atoms with E-state index < -0.39 is 27.7 Å². The highest BCUT2D eigenvalue weighted by Gasteiger charge is 2.27. The summed E-state index contributed by atoms with van der Waals surface area (Å²) in [5.74, 6) is -1.36. The summed E-state index contributed by atoms with van der Waals surface area (Å²) in [5.41, 5.74) is 6.39. The second kappa shape index (κ2) is 8.70. The van der Waals surface area contributed by atoms with Gasteiger partial charge in [0.25, 0.3) is 0 Å². The highest BCUT2D eigenvalue weighted by molar-refractivity contribution is 7.90. The molecular weight excluding hydrogens is 414 g/mol. The molecule has 4 rings (SSSR count). The van der Waals surface area contributed by atoms with Gasteiger partial charge in [-0.15, -0.1) is 0 Å². The van der Waals surface area contributed by atoms with E-state index in [4.69, 9.17) is 0 Å². The van der Waals surface area contributed by atoms with E-state index in [2.05, 4.69) is 11.4 Å². The number of sulfonamides is 1. The molecule has 0 bridgehead atoms. The van der Waals surface area contributed by atoms with Crippen molar-refractivity contribution in [3.8, 4) is 0 Å². The Morgan fingerprint density at radius 3 is 2.19 bits per heavy atom. The van der Waals surface area contributed by atoms with Crippen LogP contribution in [0, 0.1) is 0 Å². The number of nitrogens with one attached hydrogen (secondary N) is 2. The first-order valence-electron chi connectivity index (χ1n) is 10.6. The molecule has 2 aliphatic rings. The zero-order chi connectivity index (χ0) is 22.0. The molecule has 0 aliphatic heterocycles. The SMILES string of the molecule is CN(Cc1ccccc1)C(=O)CS(=O)(=O)NC(=O)Nc1c2c(cc3c1CCC3)CCC2. The van der Waals surface area contributed by atoms with Crippen LogP contribution >= 0.6 is 0 Å². The van der Waals surface area contributed by atoms with Crippen molar-refractivity contribution in [2.45, 2.75) is 45.1 Å². The number of hydrogen-bond donors (Lipinski definition) is 2. The Kier molecular flexibility index (Phi) is 6.00. The van der Waals surface area contributed by atoms with E-state index in [9.17, 15) is 18.0 Å². The molecule has 31 heavy (non-hydrogen) atoms. The predicted molar refractivity (Wildman–Crippen MR) is 119 cm³/mol. The van der Waals surface area contributed by atoms with Gasteiger partial charge in [0.15, 0.2) is 0 Å². The second-order valence-electron chi connectivity index (χ2n) is 8.28. The molecule has 2 N–H and O–H groups in total. The molecule has 0 atom stereocenters. The molecule has 0 unspecified atom stereocenters. The second-order valence-corrected chi connectivity index (χ2v) is 10.0. The molecule has 2 aliphatic carbocycles. The number of fused-ring (bicyclic) bond motifs is 2. The summed E-state index contributed by atoms with van der Waals surface area (Å²) in [7, 11) is -2.58. The van der Waals surface area contributed by atoms with Crippen molar-refractivity contribution < 1.29 is 18.0 Å². The molecule has 0 saturated heterocycles. The molecule has 8 heteroatoms. The van der Waals surface area contributed by atoms with E-state index >= 15 is 0 Å².